The van der Waals surface area contributed by atoms with Gasteiger partial charge in [-0.2, -0.15) is 0 Å². The fourth-order valence-corrected chi connectivity index (χ4v) is 1.61. The summed E-state index contributed by atoms with van der Waals surface area (Å²) in [6.07, 6.45) is 8.70. The van der Waals surface area contributed by atoms with Crippen LogP contribution < -0.4 is 0 Å². The lowest BCUT2D eigenvalue weighted by Gasteiger charge is -2.19. The highest BCUT2D eigenvalue weighted by Gasteiger charge is 2.18. The monoisotopic (exact) mass is 179 g/mol. The van der Waals surface area contributed by atoms with Gasteiger partial charge in [0.1, 0.15) is 0 Å². The van der Waals surface area contributed by atoms with Crippen molar-refractivity contribution < 1.29 is 4.79 Å². The molecule has 1 fully saturated rings. The molecule has 1 unspecified atom stereocenters. The van der Waals surface area contributed by atoms with Crippen LogP contribution in [-0.4, -0.2) is 23.9 Å². The number of terminal acetylenes is 1. The highest BCUT2D eigenvalue weighted by molar-refractivity contribution is 5.76. The van der Waals surface area contributed by atoms with Crippen molar-refractivity contribution in [3.63, 3.8) is 0 Å². The first-order chi connectivity index (χ1) is 6.24. The minimum absolute atomic E-state index is 0.277. The third-order valence-electron chi connectivity index (χ3n) is 2.62. The molecule has 0 spiro atoms. The van der Waals surface area contributed by atoms with E-state index in [1.165, 1.54) is 0 Å². The second-order valence-electron chi connectivity index (χ2n) is 3.77. The zero-order valence-electron chi connectivity index (χ0n) is 8.25. The molecule has 0 saturated carbocycles. The topological polar surface area (TPSA) is 20.3 Å². The largest absolute Gasteiger partial charge is 0.342 e. The van der Waals surface area contributed by atoms with Crippen LogP contribution in [0.2, 0.25) is 0 Å². The molecule has 1 aliphatic rings. The Bertz CT molecular complexity index is 217. The number of carbonyl (C=O) groups is 1. The molecule has 0 aliphatic carbocycles. The normalized spacial score (nSPS) is 23.8. The minimum Gasteiger partial charge on any atom is -0.342 e. The summed E-state index contributed by atoms with van der Waals surface area (Å²) >= 11 is 0. The Morgan fingerprint density at radius 1 is 1.62 bits per heavy atom. The summed E-state index contributed by atoms with van der Waals surface area (Å²) in [7, 11) is 0. The zero-order chi connectivity index (χ0) is 9.68. The summed E-state index contributed by atoms with van der Waals surface area (Å²) in [5.74, 6) is 3.53. The van der Waals surface area contributed by atoms with Crippen LogP contribution in [0.5, 0.6) is 0 Å². The average molecular weight is 179 g/mol. The lowest BCUT2D eigenvalue weighted by molar-refractivity contribution is -0.130. The second kappa shape index (κ2) is 4.91. The van der Waals surface area contributed by atoms with Gasteiger partial charge >= 0.3 is 0 Å². The number of amides is 1. The number of rotatable bonds is 2. The number of hydrogen-bond acceptors (Lipinski definition) is 1. The Morgan fingerprint density at radius 3 is 3.08 bits per heavy atom. The van der Waals surface area contributed by atoms with Gasteiger partial charge in [0.05, 0.1) is 0 Å². The fraction of sp³-hybridized carbons (Fsp3) is 0.727. The molecule has 1 amide bonds. The first-order valence-corrected chi connectivity index (χ1v) is 4.95. The highest BCUT2D eigenvalue weighted by atomic mass is 16.2. The smallest absolute Gasteiger partial charge is 0.222 e. The van der Waals surface area contributed by atoms with Gasteiger partial charge in [-0.3, -0.25) is 4.79 Å². The van der Waals surface area contributed by atoms with Crippen molar-refractivity contribution in [1.82, 2.24) is 4.90 Å². The molecule has 0 radical (unpaired) electrons. The molecule has 2 nitrogen and oxygen atoms in total. The summed E-state index contributed by atoms with van der Waals surface area (Å²) in [5.41, 5.74) is 0. The SMILES string of the molecule is C#CCCN1CCC(C)CCC1=O. The molecule has 0 bridgehead atoms. The van der Waals surface area contributed by atoms with E-state index in [0.29, 0.717) is 18.8 Å². The van der Waals surface area contributed by atoms with Crippen molar-refractivity contribution >= 4 is 5.91 Å². The molecule has 1 rings (SSSR count). The summed E-state index contributed by atoms with van der Waals surface area (Å²) in [6.45, 7) is 3.84. The van der Waals surface area contributed by atoms with E-state index < -0.39 is 0 Å². The molecule has 0 aromatic heterocycles. The number of nitrogens with zero attached hydrogens (tertiary/aromatic N) is 1. The first kappa shape index (κ1) is 10.1. The quantitative estimate of drug-likeness (QED) is 0.590. The van der Waals surface area contributed by atoms with Crippen molar-refractivity contribution in [2.75, 3.05) is 13.1 Å². The third-order valence-corrected chi connectivity index (χ3v) is 2.62. The number of hydrogen-bond donors (Lipinski definition) is 0. The number of likely N-dealkylation sites (tertiary alicyclic amines) is 1. The van der Waals surface area contributed by atoms with Crippen LogP contribution in [0, 0.1) is 18.3 Å². The fourth-order valence-electron chi connectivity index (χ4n) is 1.61. The second-order valence-corrected chi connectivity index (χ2v) is 3.77. The van der Waals surface area contributed by atoms with Crippen molar-refractivity contribution in [2.45, 2.75) is 32.6 Å². The maximum Gasteiger partial charge on any atom is 0.222 e. The Kier molecular flexibility index (Phi) is 3.82. The van der Waals surface area contributed by atoms with E-state index in [-0.39, 0.29) is 5.91 Å². The molecule has 1 saturated heterocycles. The standard InChI is InChI=1S/C11H17NO/c1-3-4-8-12-9-7-10(2)5-6-11(12)13/h1,10H,4-9H2,2H3. The molecular weight excluding hydrogens is 162 g/mol. The van der Waals surface area contributed by atoms with Crippen molar-refractivity contribution in [3.8, 4) is 12.3 Å². The molecule has 1 atom stereocenters. The lowest BCUT2D eigenvalue weighted by atomic mass is 10.0. The summed E-state index contributed by atoms with van der Waals surface area (Å²) < 4.78 is 0. The van der Waals surface area contributed by atoms with E-state index in [0.717, 1.165) is 25.9 Å². The first-order valence-electron chi connectivity index (χ1n) is 4.95. The van der Waals surface area contributed by atoms with Crippen LogP contribution in [0.15, 0.2) is 0 Å². The number of carbonyl (C=O) groups excluding carboxylic acids is 1. The maximum absolute atomic E-state index is 11.5. The predicted octanol–water partition coefficient (Wildman–Crippen LogP) is 1.66. The molecule has 13 heavy (non-hydrogen) atoms. The van der Waals surface area contributed by atoms with E-state index in [9.17, 15) is 4.79 Å². The van der Waals surface area contributed by atoms with Crippen LogP contribution in [0.4, 0.5) is 0 Å². The van der Waals surface area contributed by atoms with Gasteiger partial charge in [0.2, 0.25) is 5.91 Å². The Balaban J connectivity index is 2.43. The highest BCUT2D eigenvalue weighted by Crippen LogP contribution is 2.17. The van der Waals surface area contributed by atoms with Gasteiger partial charge in [0.25, 0.3) is 0 Å². The van der Waals surface area contributed by atoms with E-state index in [2.05, 4.69) is 12.8 Å². The van der Waals surface area contributed by atoms with E-state index in [1.807, 2.05) is 4.90 Å². The van der Waals surface area contributed by atoms with Crippen LogP contribution in [0.25, 0.3) is 0 Å². The third kappa shape index (κ3) is 3.10. The van der Waals surface area contributed by atoms with E-state index >= 15 is 0 Å². The van der Waals surface area contributed by atoms with Crippen molar-refractivity contribution in [1.29, 1.82) is 0 Å². The van der Waals surface area contributed by atoms with Gasteiger partial charge in [0, 0.05) is 25.9 Å². The predicted molar refractivity (Wildman–Crippen MR) is 53.0 cm³/mol. The Hall–Kier alpha value is -0.970. The molecule has 1 aliphatic heterocycles. The lowest BCUT2D eigenvalue weighted by Crippen LogP contribution is -2.31. The average Bonchev–Trinajstić information content (AvgIpc) is 2.28. The van der Waals surface area contributed by atoms with Crippen LogP contribution in [-0.2, 0) is 4.79 Å². The summed E-state index contributed by atoms with van der Waals surface area (Å²) in [5, 5.41) is 0. The van der Waals surface area contributed by atoms with Crippen molar-refractivity contribution in [3.05, 3.63) is 0 Å². The minimum atomic E-state index is 0.277. The molecule has 1 heterocycles. The molecule has 0 aromatic rings. The van der Waals surface area contributed by atoms with Gasteiger partial charge < -0.3 is 4.90 Å². The Labute approximate surface area is 80.3 Å². The van der Waals surface area contributed by atoms with E-state index in [1.54, 1.807) is 0 Å². The molecule has 0 aromatic carbocycles. The molecule has 2 heteroatoms. The van der Waals surface area contributed by atoms with Gasteiger partial charge in [-0.15, -0.1) is 12.3 Å². The zero-order valence-corrected chi connectivity index (χ0v) is 8.25. The van der Waals surface area contributed by atoms with Gasteiger partial charge in [-0.1, -0.05) is 6.92 Å². The van der Waals surface area contributed by atoms with Crippen LogP contribution in [0.3, 0.4) is 0 Å². The maximum atomic E-state index is 11.5. The molecular formula is C11H17NO. The summed E-state index contributed by atoms with van der Waals surface area (Å²) in [6, 6.07) is 0. The van der Waals surface area contributed by atoms with Gasteiger partial charge in [-0.25, -0.2) is 0 Å². The van der Waals surface area contributed by atoms with Gasteiger partial charge in [0.15, 0.2) is 0 Å². The van der Waals surface area contributed by atoms with E-state index in [4.69, 9.17) is 6.42 Å². The van der Waals surface area contributed by atoms with Crippen LogP contribution in [0.1, 0.15) is 32.6 Å². The molecule has 72 valence electrons. The van der Waals surface area contributed by atoms with Crippen molar-refractivity contribution in [2.24, 2.45) is 5.92 Å². The Morgan fingerprint density at radius 2 is 2.38 bits per heavy atom. The molecule has 0 N–H and O–H groups in total. The van der Waals surface area contributed by atoms with Crippen LogP contribution >= 0.6 is 0 Å². The summed E-state index contributed by atoms with van der Waals surface area (Å²) in [4.78, 5) is 13.4. The van der Waals surface area contributed by atoms with Gasteiger partial charge in [-0.05, 0) is 18.8 Å².